The third-order valence-electron chi connectivity index (χ3n) is 4.68. The van der Waals surface area contributed by atoms with Crippen LogP contribution in [0, 0.1) is 0 Å². The zero-order valence-corrected chi connectivity index (χ0v) is 17.2. The quantitative estimate of drug-likeness (QED) is 0.588. The van der Waals surface area contributed by atoms with Crippen molar-refractivity contribution in [2.45, 2.75) is 52.3 Å². The van der Waals surface area contributed by atoms with Gasteiger partial charge in [0.25, 0.3) is 5.91 Å². The lowest BCUT2D eigenvalue weighted by atomic mass is 10.0. The van der Waals surface area contributed by atoms with Crippen molar-refractivity contribution in [2.75, 3.05) is 0 Å². The summed E-state index contributed by atoms with van der Waals surface area (Å²) in [5.41, 5.74) is 1.71. The van der Waals surface area contributed by atoms with E-state index < -0.39 is 17.6 Å². The van der Waals surface area contributed by atoms with Crippen molar-refractivity contribution in [1.29, 1.82) is 0 Å². The Hall–Kier alpha value is -3.15. The Morgan fingerprint density at radius 3 is 2.41 bits per heavy atom. The Kier molecular flexibility index (Phi) is 6.01. The van der Waals surface area contributed by atoms with Gasteiger partial charge in [-0.3, -0.25) is 9.59 Å². The SMILES string of the molecule is C[C@H](OC(=O)Cc1noc2ccccc12)C(=O)N(Cc1ccccc1)C(C)(C)C. The van der Waals surface area contributed by atoms with Gasteiger partial charge in [-0.1, -0.05) is 47.6 Å². The Morgan fingerprint density at radius 1 is 1.07 bits per heavy atom. The third-order valence-corrected chi connectivity index (χ3v) is 4.68. The summed E-state index contributed by atoms with van der Waals surface area (Å²) in [5.74, 6) is -0.752. The summed E-state index contributed by atoms with van der Waals surface area (Å²) < 4.78 is 10.7. The molecule has 3 aromatic rings. The molecule has 6 nitrogen and oxygen atoms in total. The molecule has 3 rings (SSSR count). The average molecular weight is 394 g/mol. The van der Waals surface area contributed by atoms with Gasteiger partial charge in [0, 0.05) is 17.5 Å². The van der Waals surface area contributed by atoms with Crippen LogP contribution in [0.5, 0.6) is 0 Å². The van der Waals surface area contributed by atoms with Crippen LogP contribution in [0.4, 0.5) is 0 Å². The van der Waals surface area contributed by atoms with Gasteiger partial charge >= 0.3 is 5.97 Å². The smallest absolute Gasteiger partial charge is 0.312 e. The maximum absolute atomic E-state index is 13.1. The first-order chi connectivity index (χ1) is 13.8. The molecule has 0 unspecified atom stereocenters. The summed E-state index contributed by atoms with van der Waals surface area (Å²) in [6.07, 6.45) is -0.952. The fourth-order valence-corrected chi connectivity index (χ4v) is 3.12. The first-order valence-electron chi connectivity index (χ1n) is 9.64. The number of hydrogen-bond donors (Lipinski definition) is 0. The number of nitrogens with zero attached hydrogens (tertiary/aromatic N) is 2. The highest BCUT2D eigenvalue weighted by Crippen LogP contribution is 2.21. The van der Waals surface area contributed by atoms with Gasteiger partial charge in [-0.05, 0) is 45.4 Å². The molecular weight excluding hydrogens is 368 g/mol. The van der Waals surface area contributed by atoms with Crippen molar-refractivity contribution < 1.29 is 18.8 Å². The zero-order valence-electron chi connectivity index (χ0n) is 17.2. The van der Waals surface area contributed by atoms with E-state index in [-0.39, 0.29) is 12.3 Å². The molecule has 0 saturated heterocycles. The van der Waals surface area contributed by atoms with Crippen molar-refractivity contribution >= 4 is 22.8 Å². The molecule has 1 heterocycles. The summed E-state index contributed by atoms with van der Waals surface area (Å²) >= 11 is 0. The van der Waals surface area contributed by atoms with E-state index in [2.05, 4.69) is 5.16 Å². The highest BCUT2D eigenvalue weighted by molar-refractivity contribution is 5.87. The van der Waals surface area contributed by atoms with Crippen molar-refractivity contribution in [3.05, 3.63) is 65.9 Å². The second-order valence-corrected chi connectivity index (χ2v) is 8.02. The standard InChI is InChI=1S/C23H26N2O4/c1-16(22(27)25(23(2,3)4)15-17-10-6-5-7-11-17)28-21(26)14-19-18-12-8-9-13-20(18)29-24-19/h5-13,16H,14-15H2,1-4H3/t16-/m0/s1. The van der Waals surface area contributed by atoms with Crippen LogP contribution < -0.4 is 0 Å². The molecule has 6 heteroatoms. The van der Waals surface area contributed by atoms with E-state index in [0.717, 1.165) is 10.9 Å². The monoisotopic (exact) mass is 394 g/mol. The van der Waals surface area contributed by atoms with E-state index in [1.165, 1.54) is 0 Å². The predicted molar refractivity (Wildman–Crippen MR) is 110 cm³/mol. The van der Waals surface area contributed by atoms with Crippen LogP contribution >= 0.6 is 0 Å². The first-order valence-corrected chi connectivity index (χ1v) is 9.64. The van der Waals surface area contributed by atoms with Gasteiger partial charge < -0.3 is 14.2 Å². The maximum atomic E-state index is 13.1. The molecular formula is C23H26N2O4. The van der Waals surface area contributed by atoms with E-state index >= 15 is 0 Å². The van der Waals surface area contributed by atoms with Crippen LogP contribution in [-0.4, -0.2) is 33.6 Å². The van der Waals surface area contributed by atoms with E-state index in [9.17, 15) is 9.59 Å². The number of benzene rings is 2. The van der Waals surface area contributed by atoms with Crippen LogP contribution in [0.1, 0.15) is 39.0 Å². The number of aromatic nitrogens is 1. The number of fused-ring (bicyclic) bond motifs is 1. The Balaban J connectivity index is 1.67. The second kappa shape index (κ2) is 8.47. The molecule has 0 saturated carbocycles. The van der Waals surface area contributed by atoms with Crippen molar-refractivity contribution in [3.63, 3.8) is 0 Å². The van der Waals surface area contributed by atoms with E-state index in [1.807, 2.05) is 69.3 Å². The van der Waals surface area contributed by atoms with Crippen molar-refractivity contribution in [3.8, 4) is 0 Å². The molecule has 1 atom stereocenters. The fourth-order valence-electron chi connectivity index (χ4n) is 3.12. The number of rotatable bonds is 6. The second-order valence-electron chi connectivity index (χ2n) is 8.02. The largest absolute Gasteiger partial charge is 0.452 e. The molecule has 2 aromatic carbocycles. The number of carbonyl (C=O) groups excluding carboxylic acids is 2. The highest BCUT2D eigenvalue weighted by atomic mass is 16.5. The van der Waals surface area contributed by atoms with Gasteiger partial charge in [-0.2, -0.15) is 0 Å². The van der Waals surface area contributed by atoms with Gasteiger partial charge in [0.1, 0.15) is 5.69 Å². The normalized spacial score (nSPS) is 12.6. The molecule has 0 aliphatic rings. The summed E-state index contributed by atoms with van der Waals surface area (Å²) in [6.45, 7) is 7.93. The molecule has 0 N–H and O–H groups in total. The topological polar surface area (TPSA) is 72.6 Å². The minimum absolute atomic E-state index is 0.0527. The van der Waals surface area contributed by atoms with Gasteiger partial charge in [-0.25, -0.2) is 0 Å². The van der Waals surface area contributed by atoms with Gasteiger partial charge in [-0.15, -0.1) is 0 Å². The van der Waals surface area contributed by atoms with Gasteiger partial charge in [0.15, 0.2) is 11.7 Å². The Bertz CT molecular complexity index is 989. The molecule has 1 amide bonds. The van der Waals surface area contributed by atoms with E-state index in [0.29, 0.717) is 17.8 Å². The summed E-state index contributed by atoms with van der Waals surface area (Å²) in [7, 11) is 0. The van der Waals surface area contributed by atoms with Crippen LogP contribution in [-0.2, 0) is 27.3 Å². The Labute approximate surface area is 170 Å². The molecule has 0 spiro atoms. The van der Waals surface area contributed by atoms with Crippen LogP contribution in [0.15, 0.2) is 59.1 Å². The van der Waals surface area contributed by atoms with Crippen molar-refractivity contribution in [2.24, 2.45) is 0 Å². The molecule has 0 radical (unpaired) electrons. The molecule has 152 valence electrons. The fraction of sp³-hybridized carbons (Fsp3) is 0.348. The molecule has 0 aliphatic carbocycles. The predicted octanol–water partition coefficient (Wildman–Crippen LogP) is 4.13. The lowest BCUT2D eigenvalue weighted by molar-refractivity contribution is -0.161. The summed E-state index contributed by atoms with van der Waals surface area (Å²) in [4.78, 5) is 27.2. The Morgan fingerprint density at radius 2 is 1.72 bits per heavy atom. The number of amides is 1. The molecule has 0 aliphatic heterocycles. The third kappa shape index (κ3) is 5.02. The highest BCUT2D eigenvalue weighted by Gasteiger charge is 2.32. The minimum atomic E-state index is -0.899. The lowest BCUT2D eigenvalue weighted by Gasteiger charge is -2.37. The molecule has 29 heavy (non-hydrogen) atoms. The van der Waals surface area contributed by atoms with E-state index in [4.69, 9.17) is 9.26 Å². The number of ether oxygens (including phenoxy) is 1. The number of carbonyl (C=O) groups is 2. The van der Waals surface area contributed by atoms with Crippen LogP contribution in [0.25, 0.3) is 11.0 Å². The number of esters is 1. The molecule has 0 fully saturated rings. The minimum Gasteiger partial charge on any atom is -0.452 e. The average Bonchev–Trinajstić information content (AvgIpc) is 3.08. The number of para-hydroxylation sites is 1. The van der Waals surface area contributed by atoms with Gasteiger partial charge in [0.2, 0.25) is 0 Å². The lowest BCUT2D eigenvalue weighted by Crippen LogP contribution is -2.49. The maximum Gasteiger partial charge on any atom is 0.312 e. The van der Waals surface area contributed by atoms with Crippen LogP contribution in [0.3, 0.4) is 0 Å². The summed E-state index contributed by atoms with van der Waals surface area (Å²) in [5, 5.41) is 4.71. The van der Waals surface area contributed by atoms with Crippen molar-refractivity contribution in [1.82, 2.24) is 10.1 Å². The number of hydrogen-bond acceptors (Lipinski definition) is 5. The first kappa shape index (κ1) is 20.6. The molecule has 1 aromatic heterocycles. The van der Waals surface area contributed by atoms with Crippen LogP contribution in [0.2, 0.25) is 0 Å². The van der Waals surface area contributed by atoms with E-state index in [1.54, 1.807) is 17.9 Å². The van der Waals surface area contributed by atoms with Gasteiger partial charge in [0.05, 0.1) is 6.42 Å². The molecule has 0 bridgehead atoms. The summed E-state index contributed by atoms with van der Waals surface area (Å²) in [6, 6.07) is 17.1. The zero-order chi connectivity index (χ0) is 21.0.